The van der Waals surface area contributed by atoms with E-state index in [0.717, 1.165) is 0 Å². The maximum atomic E-state index is 11.5. The molecular weight excluding hydrogens is 797 g/mol. The smallest absolute Gasteiger partial charge is 0.545 e. The summed E-state index contributed by atoms with van der Waals surface area (Å²) < 4.78 is 14.7. The van der Waals surface area contributed by atoms with E-state index in [0.29, 0.717) is 0 Å². The largest absolute Gasteiger partial charge is 3.00 e. The van der Waals surface area contributed by atoms with E-state index >= 15 is 0 Å². The van der Waals surface area contributed by atoms with Gasteiger partial charge in [0.15, 0.2) is 0 Å². The Bertz CT molecular complexity index is 1330. The van der Waals surface area contributed by atoms with Gasteiger partial charge in [-0.25, -0.2) is 14.4 Å². The quantitative estimate of drug-likeness (QED) is 0.171. The molecule has 13 heteroatoms. The summed E-state index contributed by atoms with van der Waals surface area (Å²) in [7, 11) is 0. The molecule has 2 radical (unpaired) electrons. The first-order chi connectivity index (χ1) is 21.1. The summed E-state index contributed by atoms with van der Waals surface area (Å²) in [5.41, 5.74) is -0.391. The monoisotopic (exact) mass is 830 g/mol. The number of carboxylic acid groups (broad SMARTS) is 3. The summed E-state index contributed by atoms with van der Waals surface area (Å²) in [5, 5.41) is 32.1. The van der Waals surface area contributed by atoms with Gasteiger partial charge >= 0.3 is 44.1 Å². The number of hydrogen-bond donors (Lipinski definition) is 0. The van der Waals surface area contributed by atoms with Gasteiger partial charge in [0, 0.05) is 16.7 Å². The number of carbonyl (C=O) groups excluding carboxylic acids is 6. The summed E-state index contributed by atoms with van der Waals surface area (Å²) >= 11 is 0. The Labute approximate surface area is 285 Å². The molecule has 3 aromatic rings. The van der Waals surface area contributed by atoms with Gasteiger partial charge in [-0.1, -0.05) is 54.6 Å². The molecule has 0 spiro atoms. The van der Waals surface area contributed by atoms with Crippen molar-refractivity contribution in [1.29, 1.82) is 0 Å². The van der Waals surface area contributed by atoms with Crippen molar-refractivity contribution in [2.75, 3.05) is 0 Å². The summed E-state index contributed by atoms with van der Waals surface area (Å²) in [6.07, 6.45) is -0.855. The van der Waals surface area contributed by atoms with E-state index in [4.69, 9.17) is 14.2 Å². The molecule has 0 unspecified atom stereocenters. The molecule has 0 aromatic heterocycles. The van der Waals surface area contributed by atoms with Crippen LogP contribution in [0.2, 0.25) is 0 Å². The number of aromatic carboxylic acids is 3. The van der Waals surface area contributed by atoms with Crippen molar-refractivity contribution in [2.45, 2.75) is 59.9 Å². The van der Waals surface area contributed by atoms with Crippen LogP contribution in [0.15, 0.2) is 72.8 Å². The van der Waals surface area contributed by atoms with Crippen LogP contribution in [0.25, 0.3) is 0 Å². The molecule has 3 rings (SSSR count). The van der Waals surface area contributed by atoms with Crippen LogP contribution in [0.5, 0.6) is 0 Å². The van der Waals surface area contributed by atoms with Crippen LogP contribution >= 0.6 is 0 Å². The van der Waals surface area contributed by atoms with Crippen molar-refractivity contribution in [3.05, 3.63) is 106 Å². The van der Waals surface area contributed by atoms with Gasteiger partial charge in [0.05, 0.1) is 52.9 Å². The van der Waals surface area contributed by atoms with Crippen molar-refractivity contribution >= 4 is 62.0 Å². The first kappa shape index (κ1) is 41.4. The van der Waals surface area contributed by atoms with E-state index < -0.39 is 35.8 Å². The third kappa shape index (κ3) is 14.0. The Kier molecular flexibility index (Phi) is 18.3. The van der Waals surface area contributed by atoms with Crippen LogP contribution in [-0.2, 0) is 14.2 Å². The van der Waals surface area contributed by atoms with E-state index in [9.17, 15) is 44.1 Å². The van der Waals surface area contributed by atoms with E-state index in [1.165, 1.54) is 54.6 Å². The fourth-order valence-electron chi connectivity index (χ4n) is 3.35. The van der Waals surface area contributed by atoms with Crippen LogP contribution < -0.4 is 15.3 Å². The predicted molar refractivity (Wildman–Crippen MR) is 160 cm³/mol. The first-order valence-corrected chi connectivity index (χ1v) is 13.6. The Morgan fingerprint density at radius 1 is 0.413 bits per heavy atom. The molecular formula is C33H33BiO12. The average molecular weight is 831 g/mol. The number of esters is 3. The average Bonchev–Trinajstić information content (AvgIpc) is 2.96. The molecule has 0 atom stereocenters. The minimum atomic E-state index is -1.38. The van der Waals surface area contributed by atoms with Crippen LogP contribution in [-0.4, -0.2) is 80.3 Å². The third-order valence-electron chi connectivity index (χ3n) is 5.13. The zero-order chi connectivity index (χ0) is 34.3. The maximum absolute atomic E-state index is 11.5. The molecule has 0 saturated carbocycles. The molecule has 0 bridgehead atoms. The number of hydrogen-bond acceptors (Lipinski definition) is 12. The van der Waals surface area contributed by atoms with Gasteiger partial charge in [-0.2, -0.15) is 0 Å². The van der Waals surface area contributed by atoms with Gasteiger partial charge in [0.2, 0.25) is 0 Å². The molecule has 46 heavy (non-hydrogen) atoms. The number of benzene rings is 3. The minimum absolute atomic E-state index is 0. The minimum Gasteiger partial charge on any atom is -0.545 e. The zero-order valence-electron chi connectivity index (χ0n) is 26.0. The van der Waals surface area contributed by atoms with Gasteiger partial charge in [0.1, 0.15) is 0 Å². The first-order valence-electron chi connectivity index (χ1n) is 13.6. The van der Waals surface area contributed by atoms with Crippen LogP contribution in [0.1, 0.15) is 104 Å². The van der Waals surface area contributed by atoms with Crippen molar-refractivity contribution in [2.24, 2.45) is 0 Å². The molecule has 242 valence electrons. The summed E-state index contributed by atoms with van der Waals surface area (Å²) in [4.78, 5) is 66.5. The van der Waals surface area contributed by atoms with Crippen LogP contribution in [0.4, 0.5) is 0 Å². The second-order valence-electron chi connectivity index (χ2n) is 9.86. The van der Waals surface area contributed by atoms with Crippen LogP contribution in [0, 0.1) is 0 Å². The number of carboxylic acids is 3. The van der Waals surface area contributed by atoms with Gasteiger partial charge in [-0.15, -0.1) is 0 Å². The molecule has 0 N–H and O–H groups in total. The molecule has 0 heterocycles. The van der Waals surface area contributed by atoms with Crippen molar-refractivity contribution < 1.29 is 58.3 Å². The SMILES string of the molecule is CC(C)OC(=O)c1ccccc1C(=O)[O-].CC(C)OC(=O)c1ccccc1C(=O)[O-].CC(C)OC(=O)c1ccccc1C(=O)[O-].[Bi+3]. The normalized spacial score (nSPS) is 9.85. The Hall–Kier alpha value is -4.64. The fraction of sp³-hybridized carbons (Fsp3) is 0.273. The van der Waals surface area contributed by atoms with Crippen molar-refractivity contribution in [3.8, 4) is 0 Å². The standard InChI is InChI=1S/3C11H12O4.Bi/c3*1-7(2)15-11(14)9-6-4-3-5-8(9)10(12)13;/h3*3-7H,1-2H3,(H,12,13);/q;;;+3/p-3. The molecule has 0 aliphatic rings. The molecule has 12 nitrogen and oxygen atoms in total. The molecule has 0 aliphatic carbocycles. The number of carbonyl (C=O) groups is 6. The van der Waals surface area contributed by atoms with E-state index in [-0.39, 0.29) is 77.9 Å². The Morgan fingerprint density at radius 2 is 0.587 bits per heavy atom. The summed E-state index contributed by atoms with van der Waals surface area (Å²) in [6, 6.07) is 17.4. The molecule has 0 amide bonds. The topological polar surface area (TPSA) is 199 Å². The molecule has 0 aliphatic heterocycles. The zero-order valence-corrected chi connectivity index (χ0v) is 29.5. The predicted octanol–water partition coefficient (Wildman–Crippen LogP) is 1.47. The van der Waals surface area contributed by atoms with Crippen molar-refractivity contribution in [1.82, 2.24) is 0 Å². The van der Waals surface area contributed by atoms with E-state index in [1.807, 2.05) is 0 Å². The Balaban J connectivity index is 0.000000653. The van der Waals surface area contributed by atoms with Gasteiger partial charge in [0.25, 0.3) is 0 Å². The van der Waals surface area contributed by atoms with Gasteiger partial charge in [-0.3, -0.25) is 0 Å². The molecule has 3 aromatic carbocycles. The van der Waals surface area contributed by atoms with Gasteiger partial charge < -0.3 is 43.9 Å². The summed E-state index contributed by atoms with van der Waals surface area (Å²) in [6.45, 7) is 10.2. The van der Waals surface area contributed by atoms with Gasteiger partial charge in [-0.05, 0) is 59.7 Å². The van der Waals surface area contributed by atoms with Crippen LogP contribution in [0.3, 0.4) is 0 Å². The van der Waals surface area contributed by atoms with E-state index in [2.05, 4.69) is 0 Å². The second kappa shape index (κ2) is 20.4. The van der Waals surface area contributed by atoms with Crippen molar-refractivity contribution in [3.63, 3.8) is 0 Å². The Morgan fingerprint density at radius 3 is 0.739 bits per heavy atom. The summed E-state index contributed by atoms with van der Waals surface area (Å²) in [5.74, 6) is -6.09. The second-order valence-corrected chi connectivity index (χ2v) is 9.86. The molecule has 0 fully saturated rings. The third-order valence-corrected chi connectivity index (χ3v) is 5.13. The van der Waals surface area contributed by atoms with E-state index in [1.54, 1.807) is 59.7 Å². The number of ether oxygens (including phenoxy) is 3. The molecule has 0 saturated heterocycles. The fourth-order valence-corrected chi connectivity index (χ4v) is 3.35. The number of rotatable bonds is 9. The maximum Gasteiger partial charge on any atom is 3.00 e.